The molecule has 0 radical (unpaired) electrons. The number of carbonyl (C=O) groups is 1. The largest absolute Gasteiger partial charge is 0.463 e. The highest BCUT2D eigenvalue weighted by Gasteiger charge is 2.46. The molecule has 160 valence electrons. The van der Waals surface area contributed by atoms with Gasteiger partial charge in [-0.15, -0.1) is 0 Å². The number of esters is 1. The molecule has 0 unspecified atom stereocenters. The first-order valence-corrected chi connectivity index (χ1v) is 9.36. The van der Waals surface area contributed by atoms with E-state index in [9.17, 15) is 18.0 Å². The van der Waals surface area contributed by atoms with Crippen LogP contribution in [0, 0.1) is 0 Å². The maximum atomic E-state index is 13.8. The van der Waals surface area contributed by atoms with Gasteiger partial charge in [0.2, 0.25) is 5.95 Å². The van der Waals surface area contributed by atoms with Gasteiger partial charge in [0.05, 0.1) is 12.2 Å². The fourth-order valence-electron chi connectivity index (χ4n) is 3.29. The van der Waals surface area contributed by atoms with Gasteiger partial charge < -0.3 is 14.8 Å². The highest BCUT2D eigenvalue weighted by Crippen LogP contribution is 2.41. The third-order valence-corrected chi connectivity index (χ3v) is 4.53. The summed E-state index contributed by atoms with van der Waals surface area (Å²) >= 11 is 0. The van der Waals surface area contributed by atoms with Crippen molar-refractivity contribution < 1.29 is 27.4 Å². The summed E-state index contributed by atoms with van der Waals surface area (Å²) in [4.78, 5) is 16.5. The van der Waals surface area contributed by atoms with E-state index in [0.717, 1.165) is 6.33 Å². The van der Waals surface area contributed by atoms with Crippen LogP contribution in [0.5, 0.6) is 11.5 Å². The molecule has 2 aromatic carbocycles. The van der Waals surface area contributed by atoms with Crippen LogP contribution in [0.3, 0.4) is 0 Å². The van der Waals surface area contributed by atoms with Crippen molar-refractivity contribution >= 4 is 11.9 Å². The van der Waals surface area contributed by atoms with Gasteiger partial charge in [-0.2, -0.15) is 23.3 Å². The molecule has 0 saturated carbocycles. The number of nitrogens with one attached hydrogen (secondary N) is 1. The lowest BCUT2D eigenvalue weighted by atomic mass is 9.95. The topological polar surface area (TPSA) is 78.3 Å². The standard InChI is InChI=1S/C21H17F3N4O3/c1-2-30-19(29)16-17(28-20(25-12-26-28)27-18(16)21(22,23)24)13-7-6-10-15(11-13)31-14-8-4-3-5-9-14/h3-12,17H,2H2,1H3,(H,25,26,27)/t17-/m1/s1. The summed E-state index contributed by atoms with van der Waals surface area (Å²) in [6.07, 6.45) is -3.72. The van der Waals surface area contributed by atoms with E-state index in [1.807, 2.05) is 6.07 Å². The van der Waals surface area contributed by atoms with Crippen LogP contribution in [0.4, 0.5) is 19.1 Å². The smallest absolute Gasteiger partial charge is 0.431 e. The van der Waals surface area contributed by atoms with Crippen molar-refractivity contribution in [1.29, 1.82) is 0 Å². The predicted octanol–water partition coefficient (Wildman–Crippen LogP) is 4.46. The van der Waals surface area contributed by atoms with Crippen LogP contribution < -0.4 is 10.1 Å². The molecule has 4 rings (SSSR count). The van der Waals surface area contributed by atoms with E-state index < -0.39 is 29.5 Å². The Balaban J connectivity index is 1.83. The number of nitrogens with zero attached hydrogens (tertiary/aromatic N) is 3. The molecule has 1 aliphatic heterocycles. The fraction of sp³-hybridized carbons (Fsp3) is 0.190. The van der Waals surface area contributed by atoms with E-state index in [0.29, 0.717) is 17.1 Å². The van der Waals surface area contributed by atoms with Crippen LogP contribution in [-0.4, -0.2) is 33.5 Å². The Morgan fingerprint density at radius 3 is 2.58 bits per heavy atom. The van der Waals surface area contributed by atoms with Crippen molar-refractivity contribution in [1.82, 2.24) is 14.8 Å². The second kappa shape index (κ2) is 8.13. The Morgan fingerprint density at radius 1 is 1.13 bits per heavy atom. The minimum Gasteiger partial charge on any atom is -0.463 e. The first kappa shape index (κ1) is 20.5. The second-order valence-corrected chi connectivity index (χ2v) is 6.55. The summed E-state index contributed by atoms with van der Waals surface area (Å²) in [6.45, 7) is 1.44. The maximum Gasteiger partial charge on any atom is 0.431 e. The number of allylic oxidation sites excluding steroid dienone is 1. The normalized spacial score (nSPS) is 15.8. The molecule has 0 amide bonds. The predicted molar refractivity (Wildman–Crippen MR) is 104 cm³/mol. The number of ether oxygens (including phenoxy) is 2. The Labute approximate surface area is 175 Å². The highest BCUT2D eigenvalue weighted by atomic mass is 19.4. The van der Waals surface area contributed by atoms with Gasteiger partial charge in [0.25, 0.3) is 0 Å². The molecular weight excluding hydrogens is 413 g/mol. The number of anilines is 1. The molecule has 1 N–H and O–H groups in total. The third-order valence-electron chi connectivity index (χ3n) is 4.53. The van der Waals surface area contributed by atoms with Gasteiger partial charge in [-0.1, -0.05) is 30.3 Å². The van der Waals surface area contributed by atoms with E-state index in [2.05, 4.69) is 15.4 Å². The highest BCUT2D eigenvalue weighted by molar-refractivity contribution is 5.92. The van der Waals surface area contributed by atoms with E-state index in [-0.39, 0.29) is 12.6 Å². The number of benzene rings is 2. The molecular formula is C21H17F3N4O3. The number of fused-ring (bicyclic) bond motifs is 1. The zero-order chi connectivity index (χ0) is 22.0. The molecule has 31 heavy (non-hydrogen) atoms. The van der Waals surface area contributed by atoms with Crippen molar-refractivity contribution in [2.75, 3.05) is 11.9 Å². The number of aromatic nitrogens is 3. The number of alkyl halides is 3. The minimum absolute atomic E-state index is 0.0818. The summed E-state index contributed by atoms with van der Waals surface area (Å²) in [6, 6.07) is 14.1. The van der Waals surface area contributed by atoms with Crippen molar-refractivity contribution in [2.24, 2.45) is 0 Å². The van der Waals surface area contributed by atoms with E-state index in [4.69, 9.17) is 9.47 Å². The molecule has 3 aromatic rings. The Morgan fingerprint density at radius 2 is 1.87 bits per heavy atom. The molecule has 0 fully saturated rings. The van der Waals surface area contributed by atoms with Gasteiger partial charge in [-0.25, -0.2) is 9.48 Å². The van der Waals surface area contributed by atoms with Gasteiger partial charge in [-0.3, -0.25) is 0 Å². The number of para-hydroxylation sites is 1. The third kappa shape index (κ3) is 4.09. The number of hydrogen-bond acceptors (Lipinski definition) is 6. The van der Waals surface area contributed by atoms with Gasteiger partial charge >= 0.3 is 12.1 Å². The molecule has 1 aromatic heterocycles. The van der Waals surface area contributed by atoms with Crippen molar-refractivity contribution in [2.45, 2.75) is 19.1 Å². The molecule has 0 bridgehead atoms. The van der Waals surface area contributed by atoms with Crippen LogP contribution in [0.2, 0.25) is 0 Å². The molecule has 1 atom stereocenters. The van der Waals surface area contributed by atoms with Crippen molar-refractivity contribution in [3.05, 3.63) is 77.8 Å². The van der Waals surface area contributed by atoms with Crippen LogP contribution in [0.1, 0.15) is 18.5 Å². The van der Waals surface area contributed by atoms with Gasteiger partial charge in [0.15, 0.2) is 0 Å². The summed E-state index contributed by atoms with van der Waals surface area (Å²) in [5, 5.41) is 6.20. The number of halogens is 3. The van der Waals surface area contributed by atoms with Gasteiger partial charge in [0.1, 0.15) is 29.6 Å². The first-order chi connectivity index (χ1) is 14.9. The average Bonchev–Trinajstić information content (AvgIpc) is 3.21. The first-order valence-electron chi connectivity index (χ1n) is 9.36. The van der Waals surface area contributed by atoms with E-state index >= 15 is 0 Å². The van der Waals surface area contributed by atoms with Crippen LogP contribution in [0.15, 0.2) is 72.2 Å². The van der Waals surface area contributed by atoms with Crippen LogP contribution in [-0.2, 0) is 9.53 Å². The Bertz CT molecular complexity index is 1130. The molecule has 1 aliphatic rings. The number of carbonyl (C=O) groups excluding carboxylic acids is 1. The number of hydrogen-bond donors (Lipinski definition) is 1. The monoisotopic (exact) mass is 430 g/mol. The van der Waals surface area contributed by atoms with E-state index in [1.54, 1.807) is 48.5 Å². The fourth-order valence-corrected chi connectivity index (χ4v) is 3.29. The Hall–Kier alpha value is -3.82. The lowest BCUT2D eigenvalue weighted by Gasteiger charge is -2.30. The van der Waals surface area contributed by atoms with E-state index in [1.165, 1.54) is 11.6 Å². The average molecular weight is 430 g/mol. The summed E-state index contributed by atoms with van der Waals surface area (Å²) in [5.41, 5.74) is -1.48. The molecule has 7 nitrogen and oxygen atoms in total. The zero-order valence-electron chi connectivity index (χ0n) is 16.3. The molecule has 10 heteroatoms. The molecule has 0 spiro atoms. The molecule has 0 aliphatic carbocycles. The summed E-state index contributed by atoms with van der Waals surface area (Å²) in [5.74, 6) is -0.285. The summed E-state index contributed by atoms with van der Waals surface area (Å²) in [7, 11) is 0. The van der Waals surface area contributed by atoms with Crippen LogP contribution >= 0.6 is 0 Å². The lowest BCUT2D eigenvalue weighted by molar-refractivity contribution is -0.140. The van der Waals surface area contributed by atoms with Crippen LogP contribution in [0.25, 0.3) is 0 Å². The van der Waals surface area contributed by atoms with Crippen molar-refractivity contribution in [3.8, 4) is 11.5 Å². The summed E-state index contributed by atoms with van der Waals surface area (Å²) < 4.78 is 53.5. The lowest BCUT2D eigenvalue weighted by Crippen LogP contribution is -2.35. The molecule has 0 saturated heterocycles. The quantitative estimate of drug-likeness (QED) is 0.602. The van der Waals surface area contributed by atoms with Gasteiger partial charge in [0, 0.05) is 0 Å². The minimum atomic E-state index is -4.84. The van der Waals surface area contributed by atoms with Crippen molar-refractivity contribution in [3.63, 3.8) is 0 Å². The molecule has 2 heterocycles. The maximum absolute atomic E-state index is 13.8. The second-order valence-electron chi connectivity index (χ2n) is 6.55. The number of rotatable bonds is 5. The van der Waals surface area contributed by atoms with Gasteiger partial charge in [-0.05, 0) is 36.8 Å². The zero-order valence-corrected chi connectivity index (χ0v) is 16.3. The SMILES string of the molecule is CCOC(=O)C1=C(C(F)(F)F)Nc2ncnn2[C@@H]1c1cccc(Oc2ccccc2)c1. The Kier molecular flexibility index (Phi) is 5.37.